The summed E-state index contributed by atoms with van der Waals surface area (Å²) in [5, 5.41) is 3.34. The van der Waals surface area contributed by atoms with E-state index in [1.807, 2.05) is 42.7 Å². The molecule has 1 saturated heterocycles. The maximum absolute atomic E-state index is 13.0. The normalized spacial score (nSPS) is 14.7. The Balaban J connectivity index is 1.81. The van der Waals surface area contributed by atoms with Crippen molar-refractivity contribution in [1.29, 1.82) is 0 Å². The molecule has 2 aromatic heterocycles. The van der Waals surface area contributed by atoms with E-state index in [2.05, 4.69) is 20.2 Å². The molecule has 1 fully saturated rings. The topological polar surface area (TPSA) is 77.2 Å². The van der Waals surface area contributed by atoms with Crippen molar-refractivity contribution in [2.45, 2.75) is 20.4 Å². The lowest BCUT2D eigenvalue weighted by atomic mass is 10.2. The van der Waals surface area contributed by atoms with Crippen LogP contribution >= 0.6 is 0 Å². The van der Waals surface area contributed by atoms with Crippen molar-refractivity contribution >= 4 is 17.1 Å². The van der Waals surface area contributed by atoms with Crippen molar-refractivity contribution in [1.82, 2.24) is 24.4 Å². The number of aryl methyl sites for hydroxylation is 2. The lowest BCUT2D eigenvalue weighted by Gasteiger charge is -2.28. The first-order valence-electron chi connectivity index (χ1n) is 9.26. The summed E-state index contributed by atoms with van der Waals surface area (Å²) in [6.45, 7) is 8.19. The van der Waals surface area contributed by atoms with Crippen molar-refractivity contribution in [3.8, 4) is 11.8 Å². The summed E-state index contributed by atoms with van der Waals surface area (Å²) in [7, 11) is 1.68. The molecule has 1 N–H and O–H groups in total. The van der Waals surface area contributed by atoms with Crippen molar-refractivity contribution in [2.24, 2.45) is 7.05 Å². The van der Waals surface area contributed by atoms with E-state index in [1.54, 1.807) is 7.05 Å². The molecule has 3 aromatic rings. The second-order valence-electron chi connectivity index (χ2n) is 6.74. The van der Waals surface area contributed by atoms with Gasteiger partial charge in [0.15, 0.2) is 11.2 Å². The zero-order chi connectivity index (χ0) is 19.0. The lowest BCUT2D eigenvalue weighted by molar-refractivity contribution is 0.415. The Bertz CT molecular complexity index is 1030. The molecule has 8 nitrogen and oxygen atoms in total. The Morgan fingerprint density at radius 1 is 1.22 bits per heavy atom. The van der Waals surface area contributed by atoms with Gasteiger partial charge in [-0.3, -0.25) is 9.36 Å². The lowest BCUT2D eigenvalue weighted by Crippen LogP contribution is -2.44. The highest BCUT2D eigenvalue weighted by atomic mass is 16.5. The monoisotopic (exact) mass is 368 g/mol. The number of benzene rings is 1. The minimum Gasteiger partial charge on any atom is -0.425 e. The highest BCUT2D eigenvalue weighted by molar-refractivity contribution is 5.74. The maximum Gasteiger partial charge on any atom is 0.306 e. The van der Waals surface area contributed by atoms with Crippen LogP contribution in [0.25, 0.3) is 11.2 Å². The van der Waals surface area contributed by atoms with Gasteiger partial charge in [0.2, 0.25) is 5.95 Å². The standard InChI is InChI=1S/C19H24N6O2/c1-4-25-15-16(21-18(25)24-10-8-20-9-11-24)22-19(23(3)17(15)26)27-14-7-5-6-13(2)12-14/h5-7,12,20H,4,8-11H2,1-3H3. The molecule has 27 heavy (non-hydrogen) atoms. The van der Waals surface area contributed by atoms with Crippen molar-refractivity contribution in [3.63, 3.8) is 0 Å². The van der Waals surface area contributed by atoms with E-state index >= 15 is 0 Å². The van der Waals surface area contributed by atoms with Gasteiger partial charge in [-0.2, -0.15) is 9.97 Å². The number of anilines is 1. The molecule has 4 rings (SSSR count). The Morgan fingerprint density at radius 3 is 2.70 bits per heavy atom. The van der Waals surface area contributed by atoms with E-state index in [4.69, 9.17) is 4.74 Å². The average molecular weight is 368 g/mol. The quantitative estimate of drug-likeness (QED) is 0.755. The summed E-state index contributed by atoms with van der Waals surface area (Å²) in [6.07, 6.45) is 0. The first kappa shape index (κ1) is 17.5. The largest absolute Gasteiger partial charge is 0.425 e. The van der Waals surface area contributed by atoms with Gasteiger partial charge in [-0.1, -0.05) is 12.1 Å². The molecular formula is C19H24N6O2. The third-order valence-electron chi connectivity index (χ3n) is 4.84. The second-order valence-corrected chi connectivity index (χ2v) is 6.74. The minimum absolute atomic E-state index is 0.154. The van der Waals surface area contributed by atoms with Crippen LogP contribution in [0, 0.1) is 6.92 Å². The Hall–Kier alpha value is -2.87. The number of ether oxygens (including phenoxy) is 1. The third-order valence-corrected chi connectivity index (χ3v) is 4.84. The van der Waals surface area contributed by atoms with E-state index in [-0.39, 0.29) is 11.6 Å². The number of aromatic nitrogens is 4. The molecule has 0 unspecified atom stereocenters. The molecule has 142 valence electrons. The Kier molecular flexibility index (Phi) is 4.57. The SMILES string of the molecule is CCn1c(N2CCNCC2)nc2nc(Oc3cccc(C)c3)n(C)c(=O)c21. The molecule has 0 radical (unpaired) electrons. The van der Waals surface area contributed by atoms with Gasteiger partial charge in [-0.25, -0.2) is 0 Å². The van der Waals surface area contributed by atoms with Gasteiger partial charge < -0.3 is 19.5 Å². The number of piperazine rings is 1. The number of nitrogens with zero attached hydrogens (tertiary/aromatic N) is 5. The van der Waals surface area contributed by atoms with Gasteiger partial charge in [0.25, 0.3) is 5.56 Å². The van der Waals surface area contributed by atoms with E-state index in [1.165, 1.54) is 4.57 Å². The van der Waals surface area contributed by atoms with Crippen LogP contribution in [0.3, 0.4) is 0 Å². The van der Waals surface area contributed by atoms with Crippen LogP contribution in [0.1, 0.15) is 12.5 Å². The molecule has 0 bridgehead atoms. The first-order chi connectivity index (χ1) is 13.1. The van der Waals surface area contributed by atoms with Crippen LogP contribution in [0.15, 0.2) is 29.1 Å². The molecule has 1 aliphatic rings. The van der Waals surface area contributed by atoms with Crippen LogP contribution in [0.2, 0.25) is 0 Å². The third kappa shape index (κ3) is 3.16. The second kappa shape index (κ2) is 7.03. The van der Waals surface area contributed by atoms with E-state index in [9.17, 15) is 4.79 Å². The summed E-state index contributed by atoms with van der Waals surface area (Å²) < 4.78 is 9.28. The predicted molar refractivity (Wildman–Crippen MR) is 105 cm³/mol. The number of hydrogen-bond donors (Lipinski definition) is 1. The fourth-order valence-electron chi connectivity index (χ4n) is 3.41. The molecule has 0 amide bonds. The van der Waals surface area contributed by atoms with Gasteiger partial charge in [-0.15, -0.1) is 0 Å². The zero-order valence-electron chi connectivity index (χ0n) is 15.9. The van der Waals surface area contributed by atoms with Gasteiger partial charge >= 0.3 is 6.01 Å². The first-order valence-corrected chi connectivity index (χ1v) is 9.26. The summed E-state index contributed by atoms with van der Waals surface area (Å²) >= 11 is 0. The number of hydrogen-bond acceptors (Lipinski definition) is 6. The van der Waals surface area contributed by atoms with Crippen molar-refractivity contribution in [3.05, 3.63) is 40.2 Å². The molecule has 0 saturated carbocycles. The summed E-state index contributed by atoms with van der Waals surface area (Å²) in [5.41, 5.74) is 1.87. The van der Waals surface area contributed by atoms with Crippen molar-refractivity contribution < 1.29 is 4.74 Å². The summed E-state index contributed by atoms with van der Waals surface area (Å²) in [5.74, 6) is 1.44. The van der Waals surface area contributed by atoms with Crippen LogP contribution in [-0.4, -0.2) is 45.3 Å². The van der Waals surface area contributed by atoms with E-state index < -0.39 is 0 Å². The van der Waals surface area contributed by atoms with Gasteiger partial charge in [0.1, 0.15) is 5.75 Å². The maximum atomic E-state index is 13.0. The van der Waals surface area contributed by atoms with Gasteiger partial charge in [-0.05, 0) is 31.5 Å². The van der Waals surface area contributed by atoms with Gasteiger partial charge in [0.05, 0.1) is 0 Å². The Morgan fingerprint density at radius 2 is 2.00 bits per heavy atom. The summed E-state index contributed by atoms with van der Waals surface area (Å²) in [4.78, 5) is 24.5. The average Bonchev–Trinajstić information content (AvgIpc) is 3.05. The van der Waals surface area contributed by atoms with E-state index in [0.29, 0.717) is 23.5 Å². The highest BCUT2D eigenvalue weighted by Crippen LogP contribution is 2.24. The van der Waals surface area contributed by atoms with Gasteiger partial charge in [0, 0.05) is 39.8 Å². The summed E-state index contributed by atoms with van der Waals surface area (Å²) in [6, 6.07) is 7.90. The fraction of sp³-hybridized carbons (Fsp3) is 0.421. The minimum atomic E-state index is -0.154. The molecule has 0 spiro atoms. The van der Waals surface area contributed by atoms with E-state index in [0.717, 1.165) is 37.7 Å². The highest BCUT2D eigenvalue weighted by Gasteiger charge is 2.23. The molecule has 3 heterocycles. The number of imidazole rings is 1. The number of rotatable bonds is 4. The van der Waals surface area contributed by atoms with Crippen LogP contribution < -0.4 is 20.5 Å². The molecule has 0 atom stereocenters. The van der Waals surface area contributed by atoms with Crippen LogP contribution in [0.5, 0.6) is 11.8 Å². The molecule has 8 heteroatoms. The van der Waals surface area contributed by atoms with Crippen LogP contribution in [0.4, 0.5) is 5.95 Å². The number of fused-ring (bicyclic) bond motifs is 1. The smallest absolute Gasteiger partial charge is 0.306 e. The fourth-order valence-corrected chi connectivity index (χ4v) is 3.41. The van der Waals surface area contributed by atoms with Crippen LogP contribution in [-0.2, 0) is 13.6 Å². The predicted octanol–water partition coefficient (Wildman–Crippen LogP) is 1.66. The molecular weight excluding hydrogens is 344 g/mol. The number of nitrogens with one attached hydrogen (secondary N) is 1. The Labute approximate surface area is 157 Å². The van der Waals surface area contributed by atoms with Crippen molar-refractivity contribution in [2.75, 3.05) is 31.1 Å². The molecule has 0 aliphatic carbocycles. The molecule has 1 aliphatic heterocycles. The molecule has 1 aromatic carbocycles. The zero-order valence-corrected chi connectivity index (χ0v) is 15.9.